The van der Waals surface area contributed by atoms with Crippen LogP contribution in [0.1, 0.15) is 44.2 Å². The van der Waals surface area contributed by atoms with Gasteiger partial charge in [0.1, 0.15) is 5.75 Å². The average molecular weight is 413 g/mol. The third kappa shape index (κ3) is 2.39. The van der Waals surface area contributed by atoms with E-state index in [9.17, 15) is 5.11 Å². The molecule has 3 aliphatic rings. The number of hydrogen-bond donors (Lipinski definition) is 1. The van der Waals surface area contributed by atoms with Crippen molar-refractivity contribution >= 4 is 0 Å². The van der Waals surface area contributed by atoms with Crippen molar-refractivity contribution in [1.82, 2.24) is 0 Å². The van der Waals surface area contributed by atoms with Gasteiger partial charge in [0.2, 0.25) is 0 Å². The van der Waals surface area contributed by atoms with Gasteiger partial charge in [-0.05, 0) is 36.1 Å². The van der Waals surface area contributed by atoms with E-state index >= 15 is 0 Å². The Labute approximate surface area is 151 Å². The van der Waals surface area contributed by atoms with Crippen molar-refractivity contribution in [3.63, 3.8) is 0 Å². The molecule has 4 rings (SSSR count). The fourth-order valence-corrected chi connectivity index (χ4v) is 5.24. The van der Waals surface area contributed by atoms with E-state index in [2.05, 4.69) is 27.0 Å². The predicted octanol–water partition coefficient (Wildman–Crippen LogP) is 0.475. The molecule has 22 heavy (non-hydrogen) atoms. The molecule has 1 aliphatic heterocycles. The van der Waals surface area contributed by atoms with Crippen LogP contribution in [-0.2, 0) is 11.8 Å². The van der Waals surface area contributed by atoms with E-state index in [1.807, 2.05) is 12.1 Å². The predicted molar refractivity (Wildman–Crippen MR) is 85.4 cm³/mol. The maximum Gasteiger partial charge on any atom is 0.115 e. The number of fused-ring (bicyclic) bond motifs is 4. The highest BCUT2D eigenvalue weighted by molar-refractivity contribution is 5.43. The molecule has 2 aliphatic carbocycles. The molecule has 2 bridgehead atoms. The SMILES string of the molecule is C[C@H]1[C@H]2Cc3ccc(O)cc3[C@@]1(C)CC[N+]2(C)CC1CC1.[I-]. The van der Waals surface area contributed by atoms with Crippen molar-refractivity contribution in [1.29, 1.82) is 0 Å². The van der Waals surface area contributed by atoms with Crippen LogP contribution in [0.5, 0.6) is 5.75 Å². The van der Waals surface area contributed by atoms with Crippen molar-refractivity contribution in [2.24, 2.45) is 11.8 Å². The maximum atomic E-state index is 9.91. The highest BCUT2D eigenvalue weighted by atomic mass is 127. The number of hydrogen-bond acceptors (Lipinski definition) is 1. The average Bonchev–Trinajstić information content (AvgIpc) is 3.24. The van der Waals surface area contributed by atoms with Gasteiger partial charge in [-0.15, -0.1) is 0 Å². The Bertz CT molecular complexity index is 585. The van der Waals surface area contributed by atoms with Gasteiger partial charge in [-0.3, -0.25) is 0 Å². The Kier molecular flexibility index (Phi) is 4.04. The first-order chi connectivity index (χ1) is 9.92. The molecular weight excluding hydrogens is 385 g/mol. The summed E-state index contributed by atoms with van der Waals surface area (Å²) in [6.07, 6.45) is 5.35. The molecule has 2 fully saturated rings. The Balaban J connectivity index is 0.00000144. The van der Waals surface area contributed by atoms with E-state index in [-0.39, 0.29) is 29.4 Å². The minimum Gasteiger partial charge on any atom is -1.00 e. The van der Waals surface area contributed by atoms with Gasteiger partial charge >= 0.3 is 0 Å². The highest BCUT2D eigenvalue weighted by Crippen LogP contribution is 2.52. The fourth-order valence-electron chi connectivity index (χ4n) is 5.24. The summed E-state index contributed by atoms with van der Waals surface area (Å²) in [6.45, 7) is 7.58. The van der Waals surface area contributed by atoms with Crippen LogP contribution in [-0.4, -0.2) is 35.8 Å². The Morgan fingerprint density at radius 2 is 2.05 bits per heavy atom. The number of nitrogens with zero attached hydrogens (tertiary/aromatic N) is 1. The van der Waals surface area contributed by atoms with E-state index in [1.54, 1.807) is 0 Å². The second kappa shape index (κ2) is 5.37. The first-order valence-electron chi connectivity index (χ1n) is 8.59. The van der Waals surface area contributed by atoms with E-state index in [1.165, 1.54) is 54.4 Å². The first-order valence-corrected chi connectivity index (χ1v) is 8.59. The molecule has 0 aromatic heterocycles. The number of likely N-dealkylation sites (tertiary alicyclic amines) is 1. The summed E-state index contributed by atoms with van der Waals surface area (Å²) < 4.78 is 1.28. The summed E-state index contributed by atoms with van der Waals surface area (Å²) in [5.74, 6) is 2.12. The van der Waals surface area contributed by atoms with Gasteiger partial charge < -0.3 is 33.6 Å². The smallest absolute Gasteiger partial charge is 0.115 e. The second-order valence-electron chi connectivity index (χ2n) is 8.40. The van der Waals surface area contributed by atoms with Gasteiger partial charge in [0.15, 0.2) is 0 Å². The summed E-state index contributed by atoms with van der Waals surface area (Å²) in [5.41, 5.74) is 3.15. The van der Waals surface area contributed by atoms with Crippen molar-refractivity contribution in [3.8, 4) is 5.75 Å². The molecule has 122 valence electrons. The molecule has 0 radical (unpaired) electrons. The lowest BCUT2D eigenvalue weighted by Gasteiger charge is -2.58. The minimum atomic E-state index is 0. The molecule has 3 heteroatoms. The lowest BCUT2D eigenvalue weighted by atomic mass is 9.58. The van der Waals surface area contributed by atoms with Gasteiger partial charge in [-0.2, -0.15) is 0 Å². The molecule has 1 unspecified atom stereocenters. The monoisotopic (exact) mass is 413 g/mol. The quantitative estimate of drug-likeness (QED) is 0.553. The van der Waals surface area contributed by atoms with Gasteiger partial charge in [-0.25, -0.2) is 0 Å². The minimum absolute atomic E-state index is 0. The van der Waals surface area contributed by atoms with Crippen molar-refractivity contribution < 1.29 is 33.6 Å². The van der Waals surface area contributed by atoms with Crippen LogP contribution in [0, 0.1) is 11.8 Å². The van der Waals surface area contributed by atoms with E-state index in [0.717, 1.165) is 12.0 Å². The van der Waals surface area contributed by atoms with E-state index in [4.69, 9.17) is 0 Å². The molecule has 1 saturated carbocycles. The number of rotatable bonds is 2. The molecule has 4 atom stereocenters. The normalized spacial score (nSPS) is 39.8. The summed E-state index contributed by atoms with van der Waals surface area (Å²) in [4.78, 5) is 0. The van der Waals surface area contributed by atoms with Crippen LogP contribution in [0.15, 0.2) is 18.2 Å². The molecule has 0 spiro atoms. The zero-order valence-corrected chi connectivity index (χ0v) is 16.1. The fraction of sp³-hybridized carbons (Fsp3) is 0.684. The molecule has 2 nitrogen and oxygen atoms in total. The van der Waals surface area contributed by atoms with Gasteiger partial charge in [0, 0.05) is 30.1 Å². The van der Waals surface area contributed by atoms with Crippen molar-refractivity contribution in [2.75, 3.05) is 20.1 Å². The number of quaternary nitrogens is 1. The highest BCUT2D eigenvalue weighted by Gasteiger charge is 2.55. The summed E-state index contributed by atoms with van der Waals surface area (Å²) in [6, 6.07) is 6.84. The van der Waals surface area contributed by atoms with Crippen molar-refractivity contribution in [3.05, 3.63) is 29.3 Å². The van der Waals surface area contributed by atoms with E-state index < -0.39 is 0 Å². The summed E-state index contributed by atoms with van der Waals surface area (Å²) in [7, 11) is 2.50. The van der Waals surface area contributed by atoms with Gasteiger partial charge in [0.05, 0.1) is 26.2 Å². The second-order valence-corrected chi connectivity index (χ2v) is 8.40. The topological polar surface area (TPSA) is 20.2 Å². The lowest BCUT2D eigenvalue weighted by Crippen LogP contribution is -3.00. The van der Waals surface area contributed by atoms with Crippen LogP contribution >= 0.6 is 0 Å². The van der Waals surface area contributed by atoms with Gasteiger partial charge in [0.25, 0.3) is 0 Å². The Hall–Kier alpha value is -0.290. The number of phenols is 1. The zero-order valence-electron chi connectivity index (χ0n) is 14.0. The van der Waals surface area contributed by atoms with Crippen LogP contribution in [0.25, 0.3) is 0 Å². The van der Waals surface area contributed by atoms with Crippen LogP contribution < -0.4 is 24.0 Å². The van der Waals surface area contributed by atoms with Crippen LogP contribution in [0.4, 0.5) is 0 Å². The standard InChI is InChI=1S/C19H27NO.HI/c1-13-18-10-15-6-7-16(21)11-17(15)19(13,2)8-9-20(18,3)12-14-4-5-14;/h6-7,11,13-14,18H,4-5,8-10,12H2,1-3H3;1H/t13-,18+,19-,20?;/m0./s1. The largest absolute Gasteiger partial charge is 1.00 e. The number of benzene rings is 1. The lowest BCUT2D eigenvalue weighted by molar-refractivity contribution is -0.946. The first kappa shape index (κ1) is 16.6. The molecule has 1 saturated heterocycles. The summed E-state index contributed by atoms with van der Waals surface area (Å²) in [5, 5.41) is 9.91. The Morgan fingerprint density at radius 1 is 1.32 bits per heavy atom. The molecular formula is C19H28INO. The third-order valence-electron chi connectivity index (χ3n) is 7.03. The Morgan fingerprint density at radius 3 is 2.73 bits per heavy atom. The third-order valence-corrected chi connectivity index (χ3v) is 7.03. The molecule has 1 aromatic carbocycles. The molecule has 1 aromatic rings. The van der Waals surface area contributed by atoms with Gasteiger partial charge in [-0.1, -0.05) is 19.9 Å². The number of halogens is 1. The number of phenolic OH excluding ortho intramolecular Hbond substituents is 1. The molecule has 1 N–H and O–H groups in total. The van der Waals surface area contributed by atoms with Crippen molar-refractivity contribution in [2.45, 2.75) is 51.0 Å². The maximum absolute atomic E-state index is 9.91. The van der Waals surface area contributed by atoms with Crippen LogP contribution in [0.3, 0.4) is 0 Å². The van der Waals surface area contributed by atoms with Crippen LogP contribution in [0.2, 0.25) is 0 Å². The zero-order chi connectivity index (χ0) is 14.8. The number of likely N-dealkylation sites (N-methyl/N-ethyl adjacent to an activating group) is 1. The summed E-state index contributed by atoms with van der Waals surface area (Å²) >= 11 is 0. The van der Waals surface area contributed by atoms with E-state index in [0.29, 0.717) is 11.7 Å². The number of aromatic hydroxyl groups is 1. The molecule has 0 amide bonds. The number of piperidine rings is 1. The molecule has 1 heterocycles.